The summed E-state index contributed by atoms with van der Waals surface area (Å²) in [6.07, 6.45) is 3.97. The monoisotopic (exact) mass is 501 g/mol. The van der Waals surface area contributed by atoms with Crippen LogP contribution in [0.3, 0.4) is 0 Å². The van der Waals surface area contributed by atoms with Crippen LogP contribution in [0.25, 0.3) is 33.3 Å². The number of halogens is 1. The number of nitrogens with zero attached hydrogens (tertiary/aromatic N) is 6. The van der Waals surface area contributed by atoms with Gasteiger partial charge in [0.25, 0.3) is 0 Å². The minimum atomic E-state index is -0.254. The fraction of sp³-hybridized carbons (Fsp3) is 0.240. The molecule has 4 heterocycles. The molecular weight excluding hydrogens is 482 g/mol. The maximum atomic E-state index is 12.8. The van der Waals surface area contributed by atoms with E-state index < -0.39 is 0 Å². The van der Waals surface area contributed by atoms with Crippen LogP contribution in [0, 0.1) is 21.9 Å². The van der Waals surface area contributed by atoms with Crippen LogP contribution in [-0.4, -0.2) is 28.9 Å². The second kappa shape index (κ2) is 8.18. The molecule has 8 nitrogen and oxygen atoms in total. The van der Waals surface area contributed by atoms with Gasteiger partial charge in [0.1, 0.15) is 10.7 Å². The van der Waals surface area contributed by atoms with Crippen molar-refractivity contribution in [2.45, 2.75) is 25.9 Å². The van der Waals surface area contributed by atoms with E-state index >= 15 is 0 Å². The normalized spacial score (nSPS) is 13.5. The number of rotatable bonds is 5. The number of pyridine rings is 1. The van der Waals surface area contributed by atoms with Crippen LogP contribution in [0.4, 0.5) is 0 Å². The highest BCUT2D eigenvalue weighted by Gasteiger charge is 2.26. The van der Waals surface area contributed by atoms with E-state index in [2.05, 4.69) is 11.1 Å². The molecule has 1 aliphatic carbocycles. The second-order valence-corrected chi connectivity index (χ2v) is 9.84. The van der Waals surface area contributed by atoms with Crippen molar-refractivity contribution < 1.29 is 0 Å². The van der Waals surface area contributed by atoms with Crippen molar-refractivity contribution in [2.75, 3.05) is 0 Å². The number of H-pyrrole nitrogens is 1. The molecule has 6 rings (SSSR count). The summed E-state index contributed by atoms with van der Waals surface area (Å²) >= 11 is 11.8. The number of nitriles is 1. The van der Waals surface area contributed by atoms with Crippen molar-refractivity contribution >= 4 is 45.8 Å². The van der Waals surface area contributed by atoms with E-state index in [4.69, 9.17) is 33.9 Å². The molecule has 0 aliphatic heterocycles. The van der Waals surface area contributed by atoms with Crippen LogP contribution >= 0.6 is 23.8 Å². The summed E-state index contributed by atoms with van der Waals surface area (Å²) in [7, 11) is 1.88. The average molecular weight is 502 g/mol. The summed E-state index contributed by atoms with van der Waals surface area (Å²) in [6, 6.07) is 13.5. The summed E-state index contributed by atoms with van der Waals surface area (Å²) in [5, 5.41) is 16.7. The van der Waals surface area contributed by atoms with Gasteiger partial charge >= 0.3 is 5.69 Å². The third-order valence-corrected chi connectivity index (χ3v) is 6.96. The molecule has 1 N–H and O–H groups in total. The minimum Gasteiger partial charge on any atom is -0.348 e. The Morgan fingerprint density at radius 1 is 1.26 bits per heavy atom. The lowest BCUT2D eigenvalue weighted by atomic mass is 10.2. The standard InChI is InChI=1S/C25H20ClN7OS/c1-31-11-15(10-27)8-20(31)22-21-23(32(12-14-2-3-14)25(34)29-24(21)35)30-33(22)13-18-6-4-16-9-17(26)5-7-19(16)28-18/h4-9,11,14H,2-3,12-13H2,1H3,(H,29,34,35). The lowest BCUT2D eigenvalue weighted by molar-refractivity contribution is 0.598. The molecule has 1 fully saturated rings. The Morgan fingerprint density at radius 2 is 2.09 bits per heavy atom. The third kappa shape index (κ3) is 3.85. The quantitative estimate of drug-likeness (QED) is 0.349. The highest BCUT2D eigenvalue weighted by molar-refractivity contribution is 7.71. The zero-order chi connectivity index (χ0) is 24.3. The van der Waals surface area contributed by atoms with Crippen LogP contribution in [0.1, 0.15) is 24.1 Å². The van der Waals surface area contributed by atoms with Gasteiger partial charge in [0, 0.05) is 30.2 Å². The average Bonchev–Trinajstić information content (AvgIpc) is 3.47. The first-order valence-corrected chi connectivity index (χ1v) is 12.1. The molecule has 0 atom stereocenters. The number of aromatic amines is 1. The van der Waals surface area contributed by atoms with Crippen molar-refractivity contribution in [1.29, 1.82) is 5.26 Å². The van der Waals surface area contributed by atoms with E-state index in [0.29, 0.717) is 45.3 Å². The van der Waals surface area contributed by atoms with Crippen molar-refractivity contribution in [2.24, 2.45) is 13.0 Å². The van der Waals surface area contributed by atoms with E-state index in [0.717, 1.165) is 40.8 Å². The first kappa shape index (κ1) is 21.8. The van der Waals surface area contributed by atoms with Gasteiger partial charge < -0.3 is 4.57 Å². The number of nitrogens with one attached hydrogen (secondary N) is 1. The van der Waals surface area contributed by atoms with Gasteiger partial charge in [-0.05, 0) is 49.1 Å². The lowest BCUT2D eigenvalue weighted by Gasteiger charge is -2.09. The summed E-state index contributed by atoms with van der Waals surface area (Å²) < 4.78 is 5.73. The van der Waals surface area contributed by atoms with Crippen molar-refractivity contribution in [1.82, 2.24) is 28.9 Å². The first-order valence-electron chi connectivity index (χ1n) is 11.3. The zero-order valence-electron chi connectivity index (χ0n) is 18.8. The van der Waals surface area contributed by atoms with E-state index in [9.17, 15) is 10.1 Å². The molecule has 5 aromatic rings. The van der Waals surface area contributed by atoms with Gasteiger partial charge in [-0.2, -0.15) is 10.4 Å². The summed E-state index contributed by atoms with van der Waals surface area (Å²) in [4.78, 5) is 20.5. The molecule has 1 aromatic carbocycles. The zero-order valence-corrected chi connectivity index (χ0v) is 20.4. The SMILES string of the molecule is Cn1cc(C#N)cc1-c1c2c(=S)[nH]c(=O)n(CC3CC3)c2nn1Cc1ccc2cc(Cl)ccc2n1. The Kier molecular flexibility index (Phi) is 5.09. The predicted molar refractivity (Wildman–Crippen MR) is 137 cm³/mol. The van der Waals surface area contributed by atoms with E-state index in [1.807, 2.05) is 52.7 Å². The Hall–Kier alpha value is -3.74. The molecule has 0 saturated heterocycles. The number of hydrogen-bond acceptors (Lipinski definition) is 5. The number of hydrogen-bond donors (Lipinski definition) is 1. The van der Waals surface area contributed by atoms with E-state index in [-0.39, 0.29) is 5.69 Å². The number of benzene rings is 1. The Labute approximate surface area is 210 Å². The Balaban J connectivity index is 1.59. The van der Waals surface area contributed by atoms with Gasteiger partial charge in [0.2, 0.25) is 0 Å². The third-order valence-electron chi connectivity index (χ3n) is 6.42. The molecule has 1 aliphatic rings. The molecule has 0 bridgehead atoms. The Bertz CT molecular complexity index is 1800. The molecule has 0 amide bonds. The van der Waals surface area contributed by atoms with Gasteiger partial charge in [-0.25, -0.2) is 4.79 Å². The van der Waals surface area contributed by atoms with E-state index in [1.54, 1.807) is 10.8 Å². The fourth-order valence-electron chi connectivity index (χ4n) is 4.51. The van der Waals surface area contributed by atoms with Gasteiger partial charge in [-0.3, -0.25) is 19.2 Å². The molecule has 174 valence electrons. The summed E-state index contributed by atoms with van der Waals surface area (Å²) in [5.74, 6) is 0.475. The Morgan fingerprint density at radius 3 is 2.83 bits per heavy atom. The molecule has 0 unspecified atom stereocenters. The molecule has 10 heteroatoms. The fourth-order valence-corrected chi connectivity index (χ4v) is 4.97. The maximum Gasteiger partial charge on any atom is 0.328 e. The molecular formula is C25H20ClN7OS. The molecule has 35 heavy (non-hydrogen) atoms. The highest BCUT2D eigenvalue weighted by atomic mass is 35.5. The smallest absolute Gasteiger partial charge is 0.328 e. The molecule has 4 aromatic heterocycles. The lowest BCUT2D eigenvalue weighted by Crippen LogP contribution is -2.24. The molecule has 1 saturated carbocycles. The van der Waals surface area contributed by atoms with Gasteiger partial charge in [0.15, 0.2) is 5.65 Å². The summed E-state index contributed by atoms with van der Waals surface area (Å²) in [5.41, 5.74) is 3.99. The van der Waals surface area contributed by atoms with Crippen LogP contribution in [-0.2, 0) is 20.1 Å². The topological polar surface area (TPSA) is 97.2 Å². The van der Waals surface area contributed by atoms with Crippen LogP contribution in [0.2, 0.25) is 5.02 Å². The van der Waals surface area contributed by atoms with Crippen LogP contribution in [0.15, 0.2) is 47.4 Å². The van der Waals surface area contributed by atoms with Crippen LogP contribution < -0.4 is 5.69 Å². The number of fused-ring (bicyclic) bond motifs is 2. The van der Waals surface area contributed by atoms with Crippen molar-refractivity contribution in [3.8, 4) is 17.5 Å². The molecule has 0 radical (unpaired) electrons. The largest absolute Gasteiger partial charge is 0.348 e. The summed E-state index contributed by atoms with van der Waals surface area (Å²) in [6.45, 7) is 0.964. The number of aromatic nitrogens is 6. The van der Waals surface area contributed by atoms with E-state index in [1.165, 1.54) is 0 Å². The highest BCUT2D eigenvalue weighted by Crippen LogP contribution is 2.34. The maximum absolute atomic E-state index is 12.8. The van der Waals surface area contributed by atoms with Crippen molar-refractivity contribution in [3.05, 3.63) is 74.0 Å². The first-order chi connectivity index (χ1) is 16.9. The molecule has 0 spiro atoms. The van der Waals surface area contributed by atoms with Gasteiger partial charge in [0.05, 0.1) is 40.1 Å². The van der Waals surface area contributed by atoms with Gasteiger partial charge in [-0.15, -0.1) is 0 Å². The van der Waals surface area contributed by atoms with Crippen molar-refractivity contribution in [3.63, 3.8) is 0 Å². The van der Waals surface area contributed by atoms with Crippen LogP contribution in [0.5, 0.6) is 0 Å². The second-order valence-electron chi connectivity index (χ2n) is 8.99. The number of aryl methyl sites for hydroxylation is 1. The van der Waals surface area contributed by atoms with Gasteiger partial charge in [-0.1, -0.05) is 29.9 Å². The minimum absolute atomic E-state index is 0.254. The predicted octanol–water partition coefficient (Wildman–Crippen LogP) is 4.79.